The summed E-state index contributed by atoms with van der Waals surface area (Å²) in [5, 5.41) is 9.10. The maximum atomic E-state index is 12.4. The van der Waals surface area contributed by atoms with Crippen molar-refractivity contribution in [2.24, 2.45) is 0 Å². The van der Waals surface area contributed by atoms with E-state index in [4.69, 9.17) is 5.11 Å². The Bertz CT molecular complexity index is 726. The van der Waals surface area contributed by atoms with Gasteiger partial charge in [0.05, 0.1) is 10.4 Å². The molecule has 114 valence electrons. The smallest absolute Gasteiger partial charge is 0.243 e. The second-order valence-electron chi connectivity index (χ2n) is 4.40. The first kappa shape index (κ1) is 17.1. The highest BCUT2D eigenvalue weighted by Crippen LogP contribution is 2.32. The first-order chi connectivity index (χ1) is 9.83. The van der Waals surface area contributed by atoms with Crippen LogP contribution in [0.1, 0.15) is 23.4 Å². The Morgan fingerprint density at radius 2 is 1.90 bits per heavy atom. The number of nitrogens with one attached hydrogen (secondary N) is 1. The normalized spacial score (nSPS) is 13.3. The second kappa shape index (κ2) is 6.89. The Hall–Kier alpha value is -0.250. The topological polar surface area (TPSA) is 66.4 Å². The lowest BCUT2D eigenvalue weighted by Gasteiger charge is -2.14. The van der Waals surface area contributed by atoms with Crippen LogP contribution >= 0.6 is 43.2 Å². The molecular weight excluding hydrogens is 442 g/mol. The van der Waals surface area contributed by atoms with Gasteiger partial charge in [-0.25, -0.2) is 13.1 Å². The molecule has 2 rings (SSSR count). The molecule has 0 aliphatic carbocycles. The van der Waals surface area contributed by atoms with Gasteiger partial charge in [-0.2, -0.15) is 0 Å². The van der Waals surface area contributed by atoms with Gasteiger partial charge in [0.25, 0.3) is 0 Å². The van der Waals surface area contributed by atoms with Crippen LogP contribution in [0.25, 0.3) is 0 Å². The van der Waals surface area contributed by atoms with Crippen LogP contribution in [0.15, 0.2) is 43.5 Å². The maximum absolute atomic E-state index is 12.4. The van der Waals surface area contributed by atoms with Crippen molar-refractivity contribution < 1.29 is 13.5 Å². The molecule has 8 heteroatoms. The Morgan fingerprint density at radius 3 is 2.43 bits per heavy atom. The van der Waals surface area contributed by atoms with Gasteiger partial charge in [0, 0.05) is 15.4 Å². The fraction of sp³-hybridized carbons (Fsp3) is 0.231. The van der Waals surface area contributed by atoms with E-state index in [-0.39, 0.29) is 17.5 Å². The zero-order valence-corrected chi connectivity index (χ0v) is 15.8. The van der Waals surface area contributed by atoms with Crippen LogP contribution in [0.5, 0.6) is 0 Å². The van der Waals surface area contributed by atoms with Crippen molar-refractivity contribution in [3.63, 3.8) is 0 Å². The van der Waals surface area contributed by atoms with E-state index in [0.717, 1.165) is 10.0 Å². The maximum Gasteiger partial charge on any atom is 0.243 e. The molecule has 2 N–H and O–H groups in total. The van der Waals surface area contributed by atoms with Gasteiger partial charge < -0.3 is 5.11 Å². The number of rotatable bonds is 5. The number of aliphatic hydroxyl groups is 1. The highest BCUT2D eigenvalue weighted by Gasteiger charge is 2.23. The summed E-state index contributed by atoms with van der Waals surface area (Å²) in [4.78, 5) is 0.749. The Labute approximate surface area is 144 Å². The third kappa shape index (κ3) is 4.14. The molecule has 1 unspecified atom stereocenters. The molecule has 0 aliphatic heterocycles. The summed E-state index contributed by atoms with van der Waals surface area (Å²) in [5.74, 6) is 0. The number of hydrogen-bond acceptors (Lipinski definition) is 4. The molecule has 0 bridgehead atoms. The standard InChI is InChI=1S/C13H13Br2NO3S2/c1-8(9-2-4-10(14)5-3-9)16-21(18,19)12-6-11(7-17)20-13(12)15/h2-6,8,16-17H,7H2,1H3. The lowest BCUT2D eigenvalue weighted by Crippen LogP contribution is -2.26. The summed E-state index contributed by atoms with van der Waals surface area (Å²) in [6, 6.07) is 8.57. The van der Waals surface area contributed by atoms with Crippen molar-refractivity contribution in [2.45, 2.75) is 24.5 Å². The zero-order valence-electron chi connectivity index (χ0n) is 11.0. The number of aliphatic hydroxyl groups excluding tert-OH is 1. The molecule has 2 aromatic rings. The zero-order chi connectivity index (χ0) is 15.6. The Morgan fingerprint density at radius 1 is 1.29 bits per heavy atom. The first-order valence-electron chi connectivity index (χ1n) is 6.00. The molecule has 1 aromatic carbocycles. The third-order valence-electron chi connectivity index (χ3n) is 2.85. The quantitative estimate of drug-likeness (QED) is 0.721. The number of sulfonamides is 1. The van der Waals surface area contributed by atoms with Crippen molar-refractivity contribution in [1.29, 1.82) is 0 Å². The largest absolute Gasteiger partial charge is 0.391 e. The second-order valence-corrected chi connectivity index (χ2v) is 9.46. The molecule has 0 aliphatic rings. The number of halogens is 2. The van der Waals surface area contributed by atoms with Gasteiger partial charge >= 0.3 is 0 Å². The fourth-order valence-electron chi connectivity index (χ4n) is 1.77. The lowest BCUT2D eigenvalue weighted by molar-refractivity contribution is 0.285. The Kier molecular flexibility index (Phi) is 5.61. The van der Waals surface area contributed by atoms with Crippen LogP contribution in [0.3, 0.4) is 0 Å². The van der Waals surface area contributed by atoms with E-state index >= 15 is 0 Å². The van der Waals surface area contributed by atoms with Crippen molar-refractivity contribution in [3.05, 3.63) is 49.0 Å². The van der Waals surface area contributed by atoms with Crippen molar-refractivity contribution in [3.8, 4) is 0 Å². The average molecular weight is 455 g/mol. The summed E-state index contributed by atoms with van der Waals surface area (Å²) in [5.41, 5.74) is 0.871. The molecule has 0 saturated heterocycles. The Balaban J connectivity index is 2.24. The van der Waals surface area contributed by atoms with E-state index < -0.39 is 10.0 Å². The van der Waals surface area contributed by atoms with E-state index in [2.05, 4.69) is 36.6 Å². The fourth-order valence-corrected chi connectivity index (χ4v) is 5.81. The molecule has 0 fully saturated rings. The highest BCUT2D eigenvalue weighted by atomic mass is 79.9. The van der Waals surface area contributed by atoms with Gasteiger partial charge in [-0.05, 0) is 46.6 Å². The van der Waals surface area contributed by atoms with Gasteiger partial charge in [0.15, 0.2) is 0 Å². The van der Waals surface area contributed by atoms with Gasteiger partial charge in [-0.15, -0.1) is 11.3 Å². The molecular formula is C13H13Br2NO3S2. The lowest BCUT2D eigenvalue weighted by atomic mass is 10.1. The minimum absolute atomic E-state index is 0.153. The summed E-state index contributed by atoms with van der Waals surface area (Å²) in [6.45, 7) is 1.61. The monoisotopic (exact) mass is 453 g/mol. The summed E-state index contributed by atoms with van der Waals surface area (Å²) < 4.78 is 28.9. The van der Waals surface area contributed by atoms with Gasteiger partial charge in [0.2, 0.25) is 10.0 Å². The minimum atomic E-state index is -3.65. The molecule has 0 radical (unpaired) electrons. The van der Waals surface area contributed by atoms with Gasteiger partial charge in [0.1, 0.15) is 4.90 Å². The van der Waals surface area contributed by atoms with Crippen molar-refractivity contribution in [2.75, 3.05) is 0 Å². The molecule has 0 saturated carbocycles. The van der Waals surface area contributed by atoms with Crippen LogP contribution in [0, 0.1) is 0 Å². The molecule has 21 heavy (non-hydrogen) atoms. The first-order valence-corrected chi connectivity index (χ1v) is 9.89. The molecule has 4 nitrogen and oxygen atoms in total. The summed E-state index contributed by atoms with van der Waals surface area (Å²) >= 11 is 7.78. The summed E-state index contributed by atoms with van der Waals surface area (Å²) in [6.07, 6.45) is 0. The van der Waals surface area contributed by atoms with Crippen LogP contribution in [0.2, 0.25) is 0 Å². The van der Waals surface area contributed by atoms with E-state index in [1.165, 1.54) is 17.4 Å². The molecule has 0 amide bonds. The molecule has 1 atom stereocenters. The number of thiophene rings is 1. The molecule has 0 spiro atoms. The van der Waals surface area contributed by atoms with E-state index in [9.17, 15) is 8.42 Å². The third-order valence-corrected chi connectivity index (χ3v) is 7.16. The van der Waals surface area contributed by atoms with E-state index in [1.54, 1.807) is 6.92 Å². The van der Waals surface area contributed by atoms with Gasteiger partial charge in [-0.1, -0.05) is 28.1 Å². The van der Waals surface area contributed by atoms with Crippen LogP contribution in [0.4, 0.5) is 0 Å². The number of hydrogen-bond donors (Lipinski definition) is 2. The molecule has 1 heterocycles. The van der Waals surface area contributed by atoms with Crippen LogP contribution in [-0.4, -0.2) is 13.5 Å². The van der Waals surface area contributed by atoms with Crippen LogP contribution in [-0.2, 0) is 16.6 Å². The minimum Gasteiger partial charge on any atom is -0.391 e. The number of benzene rings is 1. The van der Waals surface area contributed by atoms with Gasteiger partial charge in [-0.3, -0.25) is 0 Å². The SMILES string of the molecule is CC(NS(=O)(=O)c1cc(CO)sc1Br)c1ccc(Br)cc1. The predicted octanol–water partition coefficient (Wildman–Crippen LogP) is 3.80. The van der Waals surface area contributed by atoms with Crippen molar-refractivity contribution in [1.82, 2.24) is 4.72 Å². The van der Waals surface area contributed by atoms with Crippen molar-refractivity contribution >= 4 is 53.2 Å². The average Bonchev–Trinajstić information content (AvgIpc) is 2.81. The van der Waals surface area contributed by atoms with E-state index in [0.29, 0.717) is 8.66 Å². The predicted molar refractivity (Wildman–Crippen MR) is 90.8 cm³/mol. The highest BCUT2D eigenvalue weighted by molar-refractivity contribution is 9.11. The summed E-state index contributed by atoms with van der Waals surface area (Å²) in [7, 11) is -3.65. The van der Waals surface area contributed by atoms with Crippen LogP contribution < -0.4 is 4.72 Å². The molecule has 1 aromatic heterocycles. The van der Waals surface area contributed by atoms with E-state index in [1.807, 2.05) is 24.3 Å².